The van der Waals surface area contributed by atoms with Crippen molar-refractivity contribution in [2.24, 2.45) is 0 Å². The minimum absolute atomic E-state index is 0.135. The summed E-state index contributed by atoms with van der Waals surface area (Å²) in [4.78, 5) is 12.0. The van der Waals surface area contributed by atoms with Crippen LogP contribution < -0.4 is 11.1 Å². The van der Waals surface area contributed by atoms with Crippen LogP contribution in [0.4, 0.5) is 5.69 Å². The molecule has 0 aliphatic carbocycles. The smallest absolute Gasteiger partial charge is 0.251 e. The molecule has 5 N–H and O–H groups in total. The van der Waals surface area contributed by atoms with Crippen LogP contribution in [-0.4, -0.2) is 27.3 Å². The van der Waals surface area contributed by atoms with E-state index in [4.69, 9.17) is 5.73 Å². The Bertz CT molecular complexity index is 462. The Hall–Kier alpha value is -1.75. The fourth-order valence-electron chi connectivity index (χ4n) is 1.19. The number of amides is 1. The predicted molar refractivity (Wildman–Crippen MR) is 70.4 cm³/mol. The van der Waals surface area contributed by atoms with E-state index in [1.165, 1.54) is 18.2 Å². The van der Waals surface area contributed by atoms with E-state index in [0.29, 0.717) is 5.56 Å². The van der Waals surface area contributed by atoms with Gasteiger partial charge in [-0.15, -0.1) is 0 Å². The van der Waals surface area contributed by atoms with Crippen LogP contribution in [0.3, 0.4) is 0 Å². The average Bonchev–Trinajstić information content (AvgIpc) is 2.19. The molecule has 1 amide bonds. The number of carbonyl (C=O) groups excluding carboxylic acids is 1. The van der Waals surface area contributed by atoms with Crippen LogP contribution in [0, 0.1) is 0 Å². The first-order chi connectivity index (χ1) is 8.04. The number of aliphatic hydroxyl groups is 1. The zero-order valence-electron chi connectivity index (χ0n) is 11.1. The first kappa shape index (κ1) is 14.3. The number of anilines is 1. The number of nitrogens with one attached hydrogen (secondary N) is 1. The van der Waals surface area contributed by atoms with Gasteiger partial charge in [0, 0.05) is 5.56 Å². The molecule has 0 unspecified atom stereocenters. The van der Waals surface area contributed by atoms with Crippen molar-refractivity contribution in [3.05, 3.63) is 23.8 Å². The molecule has 0 saturated heterocycles. The third-order valence-corrected chi connectivity index (χ3v) is 3.25. The molecule has 1 rings (SSSR count). The lowest BCUT2D eigenvalue weighted by atomic mass is 9.85. The van der Waals surface area contributed by atoms with Gasteiger partial charge in [-0.1, -0.05) is 0 Å². The van der Waals surface area contributed by atoms with Gasteiger partial charge < -0.3 is 21.3 Å². The number of phenolic OH excluding ortho intramolecular Hbond substituents is 1. The summed E-state index contributed by atoms with van der Waals surface area (Å²) in [6, 6.07) is 4.28. The van der Waals surface area contributed by atoms with Crippen molar-refractivity contribution < 1.29 is 15.0 Å². The highest BCUT2D eigenvalue weighted by Crippen LogP contribution is 2.23. The Morgan fingerprint density at radius 1 is 1.28 bits per heavy atom. The number of aromatic hydroxyl groups is 1. The number of hydrogen-bond acceptors (Lipinski definition) is 4. The van der Waals surface area contributed by atoms with E-state index < -0.39 is 11.1 Å². The average molecular weight is 252 g/mol. The quantitative estimate of drug-likeness (QED) is 0.481. The normalized spacial score (nSPS) is 12.3. The van der Waals surface area contributed by atoms with Crippen LogP contribution in [0.5, 0.6) is 5.75 Å². The van der Waals surface area contributed by atoms with Crippen molar-refractivity contribution in [2.45, 2.75) is 38.8 Å². The number of carbonyl (C=O) groups is 1. The molecular weight excluding hydrogens is 232 g/mol. The van der Waals surface area contributed by atoms with Gasteiger partial charge in [0.1, 0.15) is 5.75 Å². The van der Waals surface area contributed by atoms with Crippen LogP contribution in [0.15, 0.2) is 18.2 Å². The fraction of sp³-hybridized carbons (Fsp3) is 0.462. The Labute approximate surface area is 107 Å². The first-order valence-electron chi connectivity index (χ1n) is 5.68. The summed E-state index contributed by atoms with van der Waals surface area (Å²) in [5.41, 5.74) is 4.10. The summed E-state index contributed by atoms with van der Waals surface area (Å²) in [5, 5.41) is 22.1. The van der Waals surface area contributed by atoms with E-state index in [0.717, 1.165) is 0 Å². The molecule has 0 bridgehead atoms. The number of nitrogen functional groups attached to an aromatic ring is 1. The lowest BCUT2D eigenvalue weighted by molar-refractivity contribution is -0.00293. The van der Waals surface area contributed by atoms with E-state index in [1.807, 2.05) is 0 Å². The Balaban J connectivity index is 2.93. The maximum absolute atomic E-state index is 12.0. The van der Waals surface area contributed by atoms with Crippen molar-refractivity contribution in [3.63, 3.8) is 0 Å². The van der Waals surface area contributed by atoms with Gasteiger partial charge in [-0.25, -0.2) is 0 Å². The highest BCUT2D eigenvalue weighted by atomic mass is 16.3. The fourth-order valence-corrected chi connectivity index (χ4v) is 1.19. The monoisotopic (exact) mass is 252 g/mol. The van der Waals surface area contributed by atoms with E-state index in [1.54, 1.807) is 27.7 Å². The van der Waals surface area contributed by atoms with Gasteiger partial charge in [0.2, 0.25) is 0 Å². The van der Waals surface area contributed by atoms with Crippen molar-refractivity contribution in [1.82, 2.24) is 5.32 Å². The largest absolute Gasteiger partial charge is 0.506 e. The molecule has 0 aliphatic rings. The number of hydrogen-bond donors (Lipinski definition) is 4. The molecule has 18 heavy (non-hydrogen) atoms. The molecule has 0 saturated carbocycles. The molecule has 0 fully saturated rings. The summed E-state index contributed by atoms with van der Waals surface area (Å²) in [6.45, 7) is 6.69. The molecule has 0 aromatic heterocycles. The predicted octanol–water partition coefficient (Wildman–Crippen LogP) is 1.25. The SMILES string of the molecule is CC(C)(O)C(C)(C)NC(=O)c1ccc(N)c(O)c1. The minimum Gasteiger partial charge on any atom is -0.506 e. The third kappa shape index (κ3) is 2.92. The second kappa shape index (κ2) is 4.49. The molecule has 0 heterocycles. The van der Waals surface area contributed by atoms with E-state index in [9.17, 15) is 15.0 Å². The molecule has 100 valence electrons. The lowest BCUT2D eigenvalue weighted by Crippen LogP contribution is -2.57. The molecule has 5 heteroatoms. The molecule has 1 aromatic rings. The van der Waals surface area contributed by atoms with Crippen LogP contribution in [0.1, 0.15) is 38.1 Å². The second-order valence-electron chi connectivity index (χ2n) is 5.41. The van der Waals surface area contributed by atoms with Crippen LogP contribution in [0.25, 0.3) is 0 Å². The maximum atomic E-state index is 12.0. The van der Waals surface area contributed by atoms with Crippen LogP contribution >= 0.6 is 0 Å². The van der Waals surface area contributed by atoms with E-state index >= 15 is 0 Å². The molecule has 0 aliphatic heterocycles. The van der Waals surface area contributed by atoms with Gasteiger partial charge in [0.25, 0.3) is 5.91 Å². The second-order valence-corrected chi connectivity index (χ2v) is 5.41. The van der Waals surface area contributed by atoms with Crippen molar-refractivity contribution in [1.29, 1.82) is 0 Å². The summed E-state index contributed by atoms with van der Waals surface area (Å²) in [5.74, 6) is -0.513. The van der Waals surface area contributed by atoms with Gasteiger partial charge in [0.05, 0.1) is 16.8 Å². The Kier molecular flexibility index (Phi) is 3.57. The maximum Gasteiger partial charge on any atom is 0.251 e. The van der Waals surface area contributed by atoms with Crippen LogP contribution in [0.2, 0.25) is 0 Å². The van der Waals surface area contributed by atoms with Crippen molar-refractivity contribution in [2.75, 3.05) is 5.73 Å². The lowest BCUT2D eigenvalue weighted by Gasteiger charge is -2.38. The molecular formula is C13H20N2O3. The zero-order valence-corrected chi connectivity index (χ0v) is 11.1. The number of nitrogens with two attached hydrogens (primary N) is 1. The first-order valence-corrected chi connectivity index (χ1v) is 5.68. The molecule has 5 nitrogen and oxygen atoms in total. The van der Waals surface area contributed by atoms with Crippen LogP contribution in [-0.2, 0) is 0 Å². The van der Waals surface area contributed by atoms with Crippen molar-refractivity contribution in [3.8, 4) is 5.75 Å². The molecule has 0 radical (unpaired) electrons. The van der Waals surface area contributed by atoms with E-state index in [2.05, 4.69) is 5.32 Å². The number of phenols is 1. The topological polar surface area (TPSA) is 95.6 Å². The third-order valence-electron chi connectivity index (χ3n) is 3.25. The number of rotatable bonds is 3. The molecule has 1 aromatic carbocycles. The van der Waals surface area contributed by atoms with Gasteiger partial charge in [-0.2, -0.15) is 0 Å². The van der Waals surface area contributed by atoms with Gasteiger partial charge >= 0.3 is 0 Å². The Morgan fingerprint density at radius 2 is 1.83 bits per heavy atom. The Morgan fingerprint density at radius 3 is 2.28 bits per heavy atom. The highest BCUT2D eigenvalue weighted by Gasteiger charge is 2.36. The van der Waals surface area contributed by atoms with Gasteiger partial charge in [-0.05, 0) is 45.9 Å². The minimum atomic E-state index is -1.07. The summed E-state index contributed by atoms with van der Waals surface area (Å²) < 4.78 is 0. The molecule has 0 atom stereocenters. The summed E-state index contributed by atoms with van der Waals surface area (Å²) in [6.07, 6.45) is 0. The molecule has 0 spiro atoms. The van der Waals surface area contributed by atoms with Crippen molar-refractivity contribution >= 4 is 11.6 Å². The zero-order chi connectivity index (χ0) is 14.1. The summed E-state index contributed by atoms with van der Waals surface area (Å²) >= 11 is 0. The standard InChI is InChI=1S/C13H20N2O3/c1-12(2,13(3,4)18)15-11(17)8-5-6-9(14)10(16)7-8/h5-7,16,18H,14H2,1-4H3,(H,15,17). The summed E-state index contributed by atoms with van der Waals surface area (Å²) in [7, 11) is 0. The number of benzene rings is 1. The highest BCUT2D eigenvalue weighted by molar-refractivity contribution is 5.95. The van der Waals surface area contributed by atoms with Gasteiger partial charge in [0.15, 0.2) is 0 Å². The van der Waals surface area contributed by atoms with Gasteiger partial charge in [-0.3, -0.25) is 4.79 Å². The van der Waals surface area contributed by atoms with E-state index in [-0.39, 0.29) is 17.3 Å².